The number of rotatable bonds is 7. The number of hydrogen-bond donors (Lipinski definition) is 0. The van der Waals surface area contributed by atoms with Crippen LogP contribution in [0.25, 0.3) is 0 Å². The second kappa shape index (κ2) is 8.44. The average molecular weight is 365 g/mol. The normalized spacial score (nSPS) is 10.6. The Bertz CT molecular complexity index is 887. The van der Waals surface area contributed by atoms with Gasteiger partial charge in [-0.05, 0) is 35.7 Å². The van der Waals surface area contributed by atoms with E-state index in [0.717, 1.165) is 23.4 Å². The number of aromatic nitrogens is 4. The highest BCUT2D eigenvalue weighted by Crippen LogP contribution is 2.12. The van der Waals surface area contributed by atoms with Crippen LogP contribution in [0.2, 0.25) is 0 Å². The van der Waals surface area contributed by atoms with Crippen molar-refractivity contribution in [2.75, 3.05) is 14.2 Å². The van der Waals surface area contributed by atoms with Gasteiger partial charge in [0.05, 0.1) is 32.1 Å². The molecule has 0 N–H and O–H groups in total. The van der Waals surface area contributed by atoms with Crippen LogP contribution in [0.5, 0.6) is 5.75 Å². The lowest BCUT2D eigenvalue weighted by Gasteiger charge is -2.15. The van der Waals surface area contributed by atoms with Crippen LogP contribution >= 0.6 is 0 Å². The monoisotopic (exact) mass is 365 g/mol. The van der Waals surface area contributed by atoms with Crippen molar-refractivity contribution in [3.8, 4) is 5.75 Å². The second-order valence-corrected chi connectivity index (χ2v) is 6.32. The topological polar surface area (TPSA) is 73.1 Å². The highest BCUT2D eigenvalue weighted by molar-refractivity contribution is 5.91. The summed E-state index contributed by atoms with van der Waals surface area (Å²) in [6, 6.07) is 11.7. The van der Waals surface area contributed by atoms with Crippen LogP contribution in [0.4, 0.5) is 0 Å². The van der Waals surface area contributed by atoms with Crippen molar-refractivity contribution in [1.29, 1.82) is 0 Å². The van der Waals surface area contributed by atoms with Crippen molar-refractivity contribution < 1.29 is 9.53 Å². The standard InChI is InChI=1S/C20H23N5O2/c1-4-15-5-8-17(21-11-15)13-24(2)20(26)19-14-25(23-22-19)12-16-6-9-18(27-3)10-7-16/h5-11,14H,4,12-13H2,1-3H3. The number of methoxy groups -OCH3 is 1. The van der Waals surface area contributed by atoms with E-state index in [0.29, 0.717) is 18.8 Å². The molecule has 7 nitrogen and oxygen atoms in total. The number of carbonyl (C=O) groups excluding carboxylic acids is 1. The van der Waals surface area contributed by atoms with Gasteiger partial charge in [0, 0.05) is 13.2 Å². The number of ether oxygens (including phenoxy) is 1. The number of benzene rings is 1. The van der Waals surface area contributed by atoms with Crippen molar-refractivity contribution in [2.45, 2.75) is 26.4 Å². The lowest BCUT2D eigenvalue weighted by Crippen LogP contribution is -2.27. The predicted octanol–water partition coefficient (Wildman–Crippen LogP) is 2.56. The molecule has 7 heteroatoms. The molecular formula is C20H23N5O2. The number of nitrogens with zero attached hydrogens (tertiary/aromatic N) is 5. The van der Waals surface area contributed by atoms with E-state index >= 15 is 0 Å². The van der Waals surface area contributed by atoms with Gasteiger partial charge < -0.3 is 9.64 Å². The Kier molecular flexibility index (Phi) is 5.80. The summed E-state index contributed by atoms with van der Waals surface area (Å²) in [5.41, 5.74) is 3.38. The van der Waals surface area contributed by atoms with Crippen molar-refractivity contribution in [3.63, 3.8) is 0 Å². The van der Waals surface area contributed by atoms with Crippen LogP contribution in [0.15, 0.2) is 48.8 Å². The Hall–Kier alpha value is -3.22. The summed E-state index contributed by atoms with van der Waals surface area (Å²) >= 11 is 0. The Balaban J connectivity index is 1.62. The van der Waals surface area contributed by atoms with Crippen LogP contribution in [0.1, 0.15) is 34.2 Å². The third-order valence-corrected chi connectivity index (χ3v) is 4.30. The summed E-state index contributed by atoms with van der Waals surface area (Å²) in [6.07, 6.45) is 4.45. The Labute approximate surface area is 158 Å². The molecule has 0 bridgehead atoms. The Morgan fingerprint density at radius 3 is 2.52 bits per heavy atom. The molecule has 140 valence electrons. The minimum Gasteiger partial charge on any atom is -0.497 e. The third kappa shape index (κ3) is 4.69. The zero-order valence-electron chi connectivity index (χ0n) is 15.8. The van der Waals surface area contributed by atoms with Gasteiger partial charge in [0.1, 0.15) is 5.75 Å². The molecule has 0 aliphatic carbocycles. The first kappa shape index (κ1) is 18.6. The fourth-order valence-electron chi connectivity index (χ4n) is 2.66. The fourth-order valence-corrected chi connectivity index (χ4v) is 2.66. The maximum absolute atomic E-state index is 12.6. The van der Waals surface area contributed by atoms with E-state index in [1.165, 1.54) is 5.56 Å². The lowest BCUT2D eigenvalue weighted by atomic mass is 10.2. The van der Waals surface area contributed by atoms with Crippen molar-refractivity contribution >= 4 is 5.91 Å². The van der Waals surface area contributed by atoms with Crippen LogP contribution in [-0.4, -0.2) is 44.9 Å². The first-order valence-corrected chi connectivity index (χ1v) is 8.81. The number of carbonyl (C=O) groups is 1. The Morgan fingerprint density at radius 1 is 1.15 bits per heavy atom. The number of aryl methyl sites for hydroxylation is 1. The van der Waals surface area contributed by atoms with Crippen LogP contribution in [0.3, 0.4) is 0 Å². The van der Waals surface area contributed by atoms with Crippen molar-refractivity contribution in [1.82, 2.24) is 24.9 Å². The fraction of sp³-hybridized carbons (Fsp3) is 0.300. The molecule has 2 aromatic heterocycles. The predicted molar refractivity (Wildman–Crippen MR) is 102 cm³/mol. The van der Waals surface area contributed by atoms with E-state index in [4.69, 9.17) is 4.74 Å². The molecule has 0 aliphatic heterocycles. The number of hydrogen-bond acceptors (Lipinski definition) is 5. The molecule has 1 aromatic carbocycles. The number of amides is 1. The van der Waals surface area contributed by atoms with E-state index in [1.807, 2.05) is 42.6 Å². The molecule has 0 atom stereocenters. The van der Waals surface area contributed by atoms with E-state index in [9.17, 15) is 4.79 Å². The summed E-state index contributed by atoms with van der Waals surface area (Å²) < 4.78 is 6.80. The summed E-state index contributed by atoms with van der Waals surface area (Å²) in [4.78, 5) is 18.6. The van der Waals surface area contributed by atoms with Gasteiger partial charge in [-0.25, -0.2) is 4.68 Å². The van der Waals surface area contributed by atoms with Crippen molar-refractivity contribution in [3.05, 3.63) is 71.3 Å². The molecular weight excluding hydrogens is 342 g/mol. The highest BCUT2D eigenvalue weighted by atomic mass is 16.5. The van der Waals surface area contributed by atoms with Gasteiger partial charge in [-0.2, -0.15) is 0 Å². The van der Waals surface area contributed by atoms with Crippen molar-refractivity contribution in [2.24, 2.45) is 0 Å². The van der Waals surface area contributed by atoms with Gasteiger partial charge in [0.15, 0.2) is 5.69 Å². The molecule has 1 amide bonds. The van der Waals surface area contributed by atoms with Crippen LogP contribution < -0.4 is 4.74 Å². The molecule has 3 aromatic rings. The van der Waals surface area contributed by atoms with Crippen LogP contribution in [0, 0.1) is 0 Å². The van der Waals surface area contributed by atoms with Gasteiger partial charge in [0.2, 0.25) is 0 Å². The zero-order valence-corrected chi connectivity index (χ0v) is 15.8. The largest absolute Gasteiger partial charge is 0.497 e. The molecule has 0 aliphatic rings. The van der Waals surface area contributed by atoms with Crippen LogP contribution in [-0.2, 0) is 19.5 Å². The summed E-state index contributed by atoms with van der Waals surface area (Å²) in [5.74, 6) is 0.618. The van der Waals surface area contributed by atoms with E-state index < -0.39 is 0 Å². The Morgan fingerprint density at radius 2 is 1.89 bits per heavy atom. The molecule has 0 radical (unpaired) electrons. The maximum atomic E-state index is 12.6. The first-order chi connectivity index (χ1) is 13.1. The number of pyridine rings is 1. The molecule has 0 saturated heterocycles. The molecule has 0 fully saturated rings. The SMILES string of the molecule is CCc1ccc(CN(C)C(=O)c2cn(Cc3ccc(OC)cc3)nn2)nc1. The molecule has 27 heavy (non-hydrogen) atoms. The highest BCUT2D eigenvalue weighted by Gasteiger charge is 2.16. The zero-order chi connectivity index (χ0) is 19.2. The quantitative estimate of drug-likeness (QED) is 0.643. The summed E-state index contributed by atoms with van der Waals surface area (Å²) in [6.45, 7) is 3.05. The lowest BCUT2D eigenvalue weighted by molar-refractivity contribution is 0.0777. The molecule has 0 saturated carbocycles. The van der Waals surface area contributed by atoms with Gasteiger partial charge in [-0.15, -0.1) is 5.10 Å². The molecule has 3 rings (SSSR count). The van der Waals surface area contributed by atoms with Gasteiger partial charge >= 0.3 is 0 Å². The van der Waals surface area contributed by atoms with E-state index in [1.54, 1.807) is 29.9 Å². The van der Waals surface area contributed by atoms with E-state index in [2.05, 4.69) is 22.2 Å². The first-order valence-electron chi connectivity index (χ1n) is 8.81. The van der Waals surface area contributed by atoms with Gasteiger partial charge in [0.25, 0.3) is 5.91 Å². The van der Waals surface area contributed by atoms with E-state index in [-0.39, 0.29) is 5.91 Å². The average Bonchev–Trinajstić information content (AvgIpc) is 3.17. The third-order valence-electron chi connectivity index (χ3n) is 4.30. The summed E-state index contributed by atoms with van der Waals surface area (Å²) in [5, 5.41) is 8.07. The smallest absolute Gasteiger partial charge is 0.276 e. The second-order valence-electron chi connectivity index (χ2n) is 6.32. The molecule has 0 unspecified atom stereocenters. The van der Waals surface area contributed by atoms with Gasteiger partial charge in [-0.3, -0.25) is 9.78 Å². The summed E-state index contributed by atoms with van der Waals surface area (Å²) in [7, 11) is 3.37. The molecule has 0 spiro atoms. The molecule has 2 heterocycles. The minimum atomic E-state index is -0.183. The maximum Gasteiger partial charge on any atom is 0.276 e. The minimum absolute atomic E-state index is 0.183. The van der Waals surface area contributed by atoms with Gasteiger partial charge in [-0.1, -0.05) is 30.3 Å².